The van der Waals surface area contributed by atoms with Crippen molar-refractivity contribution in [1.29, 1.82) is 0 Å². The summed E-state index contributed by atoms with van der Waals surface area (Å²) in [5.74, 6) is -0.589. The summed E-state index contributed by atoms with van der Waals surface area (Å²) >= 11 is 0. The Labute approximate surface area is 71.2 Å². The number of carbonyl (C=O) groups is 2. The molecule has 0 amide bonds. The van der Waals surface area contributed by atoms with Gasteiger partial charge in [-0.1, -0.05) is 6.08 Å². The van der Waals surface area contributed by atoms with Crippen LogP contribution in [0.15, 0.2) is 12.7 Å². The second-order valence-electron chi connectivity index (χ2n) is 1.98. The monoisotopic (exact) mass is 172 g/mol. The molecule has 0 saturated heterocycles. The van der Waals surface area contributed by atoms with Gasteiger partial charge in [0.25, 0.3) is 0 Å². The van der Waals surface area contributed by atoms with Crippen molar-refractivity contribution < 1.29 is 19.1 Å². The molecule has 0 N–H and O–H groups in total. The average molecular weight is 172 g/mol. The molecule has 4 heteroatoms. The van der Waals surface area contributed by atoms with Gasteiger partial charge in [0.2, 0.25) is 0 Å². The van der Waals surface area contributed by atoms with E-state index in [1.54, 1.807) is 13.0 Å². The summed E-state index contributed by atoms with van der Waals surface area (Å²) in [5.41, 5.74) is 0. The van der Waals surface area contributed by atoms with E-state index in [4.69, 9.17) is 0 Å². The van der Waals surface area contributed by atoms with Crippen LogP contribution < -0.4 is 0 Å². The summed E-state index contributed by atoms with van der Waals surface area (Å²) < 4.78 is 8.63. The fraction of sp³-hybridized carbons (Fsp3) is 0.500. The number of carbonyl (C=O) groups excluding carboxylic acids is 2. The highest BCUT2D eigenvalue weighted by atomic mass is 16.7. The maximum atomic E-state index is 10.7. The first-order valence-corrected chi connectivity index (χ1v) is 3.69. The summed E-state index contributed by atoms with van der Waals surface area (Å²) in [6.07, 6.45) is 1.29. The molecule has 0 aliphatic heterocycles. The van der Waals surface area contributed by atoms with Gasteiger partial charge in [-0.15, -0.1) is 6.58 Å². The van der Waals surface area contributed by atoms with Gasteiger partial charge in [0.15, 0.2) is 0 Å². The molecule has 0 aromatic heterocycles. The van der Waals surface area contributed by atoms with Crippen molar-refractivity contribution in [2.24, 2.45) is 0 Å². The van der Waals surface area contributed by atoms with Gasteiger partial charge in [-0.05, 0) is 13.3 Å². The molecular formula is C8H12O4. The molecule has 0 rings (SSSR count). The van der Waals surface area contributed by atoms with Crippen LogP contribution in [0.25, 0.3) is 0 Å². The molecule has 0 aromatic carbocycles. The molecule has 0 bridgehead atoms. The first-order chi connectivity index (χ1) is 5.70. The lowest BCUT2D eigenvalue weighted by Crippen LogP contribution is -2.13. The van der Waals surface area contributed by atoms with E-state index in [0.717, 1.165) is 0 Å². The third kappa shape index (κ3) is 5.46. The first kappa shape index (κ1) is 10.7. The lowest BCUT2D eigenvalue weighted by molar-refractivity contribution is -0.139. The Morgan fingerprint density at radius 1 is 1.50 bits per heavy atom. The Hall–Kier alpha value is -1.32. The summed E-state index contributed by atoms with van der Waals surface area (Å²) in [7, 11) is 0. The summed E-state index contributed by atoms with van der Waals surface area (Å²) in [6, 6.07) is 0. The van der Waals surface area contributed by atoms with E-state index in [-0.39, 0.29) is 13.0 Å². The molecule has 0 atom stereocenters. The third-order valence-electron chi connectivity index (χ3n) is 1.01. The molecule has 0 aliphatic carbocycles. The van der Waals surface area contributed by atoms with Gasteiger partial charge in [0.1, 0.15) is 0 Å². The molecular weight excluding hydrogens is 160 g/mol. The van der Waals surface area contributed by atoms with Crippen LogP contribution in [0, 0.1) is 0 Å². The van der Waals surface area contributed by atoms with Gasteiger partial charge >= 0.3 is 12.1 Å². The molecule has 0 heterocycles. The van der Waals surface area contributed by atoms with Gasteiger partial charge in [0, 0.05) is 6.42 Å². The topological polar surface area (TPSA) is 52.6 Å². The SMILES string of the molecule is C=CCCC(=O)OC(=O)OCC. The van der Waals surface area contributed by atoms with E-state index in [2.05, 4.69) is 16.1 Å². The predicted molar refractivity (Wildman–Crippen MR) is 42.5 cm³/mol. The quantitative estimate of drug-likeness (QED) is 0.367. The summed E-state index contributed by atoms with van der Waals surface area (Å²) in [5, 5.41) is 0. The van der Waals surface area contributed by atoms with Crippen LogP contribution in [0.1, 0.15) is 19.8 Å². The van der Waals surface area contributed by atoms with Crippen LogP contribution in [0.4, 0.5) is 4.79 Å². The van der Waals surface area contributed by atoms with Crippen molar-refractivity contribution in [3.05, 3.63) is 12.7 Å². The van der Waals surface area contributed by atoms with E-state index >= 15 is 0 Å². The fourth-order valence-electron chi connectivity index (χ4n) is 0.511. The molecule has 0 saturated carbocycles. The Morgan fingerprint density at radius 3 is 2.67 bits per heavy atom. The van der Waals surface area contributed by atoms with Gasteiger partial charge in [0.05, 0.1) is 6.61 Å². The first-order valence-electron chi connectivity index (χ1n) is 3.69. The Bertz CT molecular complexity index is 174. The molecule has 0 fully saturated rings. The largest absolute Gasteiger partial charge is 0.516 e. The molecule has 0 unspecified atom stereocenters. The average Bonchev–Trinajstić information content (AvgIpc) is 2.01. The maximum Gasteiger partial charge on any atom is 0.516 e. The second-order valence-corrected chi connectivity index (χ2v) is 1.98. The Morgan fingerprint density at radius 2 is 2.17 bits per heavy atom. The lowest BCUT2D eigenvalue weighted by atomic mass is 10.3. The van der Waals surface area contributed by atoms with Crippen molar-refractivity contribution in [3.63, 3.8) is 0 Å². The minimum absolute atomic E-state index is 0.155. The van der Waals surface area contributed by atoms with Crippen molar-refractivity contribution in [1.82, 2.24) is 0 Å². The second kappa shape index (κ2) is 6.39. The molecule has 0 aromatic rings. The predicted octanol–water partition coefficient (Wildman–Crippen LogP) is 1.65. The molecule has 12 heavy (non-hydrogen) atoms. The minimum Gasteiger partial charge on any atom is -0.434 e. The van der Waals surface area contributed by atoms with Crippen LogP contribution in [0.5, 0.6) is 0 Å². The molecule has 0 aliphatic rings. The number of hydrogen-bond donors (Lipinski definition) is 0. The maximum absolute atomic E-state index is 10.7. The summed E-state index contributed by atoms with van der Waals surface area (Å²) in [6.45, 7) is 5.26. The van der Waals surface area contributed by atoms with Crippen LogP contribution in [0.3, 0.4) is 0 Å². The standard InChI is InChI=1S/C8H12O4/c1-3-5-6-7(9)12-8(10)11-4-2/h3H,1,4-6H2,2H3. The number of ether oxygens (including phenoxy) is 2. The zero-order valence-corrected chi connectivity index (χ0v) is 7.04. The highest BCUT2D eigenvalue weighted by molar-refractivity contribution is 5.81. The van der Waals surface area contributed by atoms with E-state index in [1.807, 2.05) is 0 Å². The van der Waals surface area contributed by atoms with Crippen molar-refractivity contribution in [3.8, 4) is 0 Å². The van der Waals surface area contributed by atoms with E-state index in [0.29, 0.717) is 6.42 Å². The van der Waals surface area contributed by atoms with E-state index < -0.39 is 12.1 Å². The molecule has 0 spiro atoms. The van der Waals surface area contributed by atoms with Gasteiger partial charge in [-0.25, -0.2) is 4.79 Å². The fourth-order valence-corrected chi connectivity index (χ4v) is 0.511. The highest BCUT2D eigenvalue weighted by Crippen LogP contribution is 1.95. The Kier molecular flexibility index (Phi) is 5.69. The number of hydrogen-bond acceptors (Lipinski definition) is 4. The molecule has 0 radical (unpaired) electrons. The normalized spacial score (nSPS) is 8.75. The minimum atomic E-state index is -0.938. The molecule has 4 nitrogen and oxygen atoms in total. The Balaban J connectivity index is 3.54. The van der Waals surface area contributed by atoms with Crippen molar-refractivity contribution in [2.75, 3.05) is 6.61 Å². The van der Waals surface area contributed by atoms with Crippen LogP contribution in [-0.2, 0) is 14.3 Å². The van der Waals surface area contributed by atoms with Crippen molar-refractivity contribution in [2.45, 2.75) is 19.8 Å². The van der Waals surface area contributed by atoms with Crippen LogP contribution in [-0.4, -0.2) is 18.7 Å². The lowest BCUT2D eigenvalue weighted by Gasteiger charge is -2.00. The number of rotatable bonds is 4. The highest BCUT2D eigenvalue weighted by Gasteiger charge is 2.09. The van der Waals surface area contributed by atoms with Crippen molar-refractivity contribution >= 4 is 12.1 Å². The van der Waals surface area contributed by atoms with Gasteiger partial charge in [-0.2, -0.15) is 0 Å². The smallest absolute Gasteiger partial charge is 0.434 e. The molecule has 68 valence electrons. The van der Waals surface area contributed by atoms with E-state index in [1.165, 1.54) is 0 Å². The third-order valence-corrected chi connectivity index (χ3v) is 1.01. The number of esters is 1. The van der Waals surface area contributed by atoms with E-state index in [9.17, 15) is 9.59 Å². The van der Waals surface area contributed by atoms with Gasteiger partial charge < -0.3 is 9.47 Å². The number of allylic oxidation sites excluding steroid dienone is 1. The zero-order chi connectivity index (χ0) is 9.40. The zero-order valence-electron chi connectivity index (χ0n) is 7.04. The summed E-state index contributed by atoms with van der Waals surface area (Å²) in [4.78, 5) is 21.2. The van der Waals surface area contributed by atoms with Gasteiger partial charge in [-0.3, -0.25) is 4.79 Å². The van der Waals surface area contributed by atoms with Crippen LogP contribution in [0.2, 0.25) is 0 Å². The van der Waals surface area contributed by atoms with Crippen LogP contribution >= 0.6 is 0 Å².